The van der Waals surface area contributed by atoms with Gasteiger partial charge < -0.3 is 14.9 Å². The predicted octanol–water partition coefficient (Wildman–Crippen LogP) is 2.83. The summed E-state index contributed by atoms with van der Waals surface area (Å²) in [6.07, 6.45) is 4.09. The molecule has 1 saturated heterocycles. The Morgan fingerprint density at radius 2 is 2.24 bits per heavy atom. The first kappa shape index (κ1) is 17.9. The van der Waals surface area contributed by atoms with Crippen molar-refractivity contribution in [3.05, 3.63) is 50.7 Å². The smallest absolute Gasteiger partial charge is 0.289 e. The summed E-state index contributed by atoms with van der Waals surface area (Å²) in [4.78, 5) is 19.4. The minimum Gasteiger partial charge on any atom is -0.374 e. The number of unbranched alkanes of at least 4 members (excludes halogenated alkanes) is 1. The standard InChI is InChI=1S/C17H23ClN4O3/c1-2-3-4-13-9-15(23)21-8-7-20(17(21)16(13)22(24)25)11-12-5-6-14(18)19-10-12/h5-6,10,13,15,23H,2-4,7-9,11H2,1H3. The molecular formula is C17H23ClN4O3. The van der Waals surface area contributed by atoms with E-state index in [1.807, 2.05) is 11.0 Å². The van der Waals surface area contributed by atoms with E-state index < -0.39 is 6.23 Å². The van der Waals surface area contributed by atoms with Gasteiger partial charge in [0.2, 0.25) is 0 Å². The zero-order chi connectivity index (χ0) is 18.0. The number of pyridine rings is 1. The highest BCUT2D eigenvalue weighted by Gasteiger charge is 2.45. The van der Waals surface area contributed by atoms with Gasteiger partial charge in [-0.25, -0.2) is 4.98 Å². The van der Waals surface area contributed by atoms with Crippen LogP contribution in [0.15, 0.2) is 29.8 Å². The van der Waals surface area contributed by atoms with Crippen molar-refractivity contribution in [2.75, 3.05) is 13.1 Å². The second-order valence-corrected chi connectivity index (χ2v) is 7.01. The summed E-state index contributed by atoms with van der Waals surface area (Å²) in [5.41, 5.74) is 1.18. The summed E-state index contributed by atoms with van der Waals surface area (Å²) in [7, 11) is 0. The largest absolute Gasteiger partial charge is 0.374 e. The molecule has 0 aromatic carbocycles. The topological polar surface area (TPSA) is 82.7 Å². The van der Waals surface area contributed by atoms with E-state index >= 15 is 0 Å². The van der Waals surface area contributed by atoms with Gasteiger partial charge in [0.05, 0.1) is 10.8 Å². The van der Waals surface area contributed by atoms with Gasteiger partial charge >= 0.3 is 0 Å². The zero-order valence-electron chi connectivity index (χ0n) is 14.3. The van der Waals surface area contributed by atoms with Gasteiger partial charge in [-0.1, -0.05) is 37.4 Å². The molecule has 136 valence electrons. The number of allylic oxidation sites excluding steroid dienone is 1. The van der Waals surface area contributed by atoms with Gasteiger partial charge in [-0.15, -0.1) is 0 Å². The quantitative estimate of drug-likeness (QED) is 0.473. The van der Waals surface area contributed by atoms with Crippen LogP contribution in [-0.4, -0.2) is 44.1 Å². The van der Waals surface area contributed by atoms with Gasteiger partial charge in [0.1, 0.15) is 11.4 Å². The Balaban J connectivity index is 1.92. The molecule has 2 aliphatic rings. The molecule has 1 fully saturated rings. The van der Waals surface area contributed by atoms with Crippen molar-refractivity contribution < 1.29 is 10.0 Å². The van der Waals surface area contributed by atoms with E-state index in [9.17, 15) is 15.2 Å². The molecule has 0 radical (unpaired) electrons. The summed E-state index contributed by atoms with van der Waals surface area (Å²) < 4.78 is 0. The lowest BCUT2D eigenvalue weighted by Gasteiger charge is -2.35. The number of hydrogen-bond acceptors (Lipinski definition) is 6. The number of nitro groups is 1. The van der Waals surface area contributed by atoms with Gasteiger partial charge in [-0.3, -0.25) is 10.1 Å². The maximum atomic E-state index is 11.8. The van der Waals surface area contributed by atoms with Crippen molar-refractivity contribution in [2.24, 2.45) is 5.92 Å². The van der Waals surface area contributed by atoms with Crippen LogP contribution in [-0.2, 0) is 6.54 Å². The third-order valence-corrected chi connectivity index (χ3v) is 5.14. The Bertz CT molecular complexity index is 664. The summed E-state index contributed by atoms with van der Waals surface area (Å²) in [6, 6.07) is 3.59. The van der Waals surface area contributed by atoms with E-state index in [2.05, 4.69) is 11.9 Å². The van der Waals surface area contributed by atoms with Crippen molar-refractivity contribution in [3.63, 3.8) is 0 Å². The third kappa shape index (κ3) is 3.72. The number of nitrogens with zero attached hydrogens (tertiary/aromatic N) is 4. The van der Waals surface area contributed by atoms with Crippen LogP contribution in [0.3, 0.4) is 0 Å². The van der Waals surface area contributed by atoms with Crippen molar-refractivity contribution in [1.29, 1.82) is 0 Å². The zero-order valence-corrected chi connectivity index (χ0v) is 15.0. The van der Waals surface area contributed by atoms with Crippen LogP contribution in [0.4, 0.5) is 0 Å². The van der Waals surface area contributed by atoms with E-state index in [-0.39, 0.29) is 16.5 Å². The fourth-order valence-corrected chi connectivity index (χ4v) is 3.82. The molecule has 3 heterocycles. The summed E-state index contributed by atoms with van der Waals surface area (Å²) in [5.74, 6) is 0.361. The Kier molecular flexibility index (Phi) is 5.44. The number of aliphatic hydroxyl groups is 1. The minimum atomic E-state index is -0.658. The average molecular weight is 367 g/mol. The normalized spacial score (nSPS) is 23.2. The molecule has 1 N–H and O–H groups in total. The van der Waals surface area contributed by atoms with Crippen LogP contribution in [0, 0.1) is 16.0 Å². The first-order chi connectivity index (χ1) is 12.0. The lowest BCUT2D eigenvalue weighted by Crippen LogP contribution is -2.42. The maximum Gasteiger partial charge on any atom is 0.289 e. The van der Waals surface area contributed by atoms with Gasteiger partial charge in [-0.05, 0) is 18.1 Å². The minimum absolute atomic E-state index is 0.208. The van der Waals surface area contributed by atoms with Crippen LogP contribution < -0.4 is 0 Å². The third-order valence-electron chi connectivity index (χ3n) is 4.92. The van der Waals surface area contributed by atoms with Crippen LogP contribution in [0.1, 0.15) is 38.2 Å². The number of aliphatic hydroxyl groups excluding tert-OH is 1. The van der Waals surface area contributed by atoms with E-state index in [4.69, 9.17) is 11.6 Å². The first-order valence-corrected chi connectivity index (χ1v) is 9.07. The lowest BCUT2D eigenvalue weighted by molar-refractivity contribution is -0.440. The number of rotatable bonds is 6. The molecule has 25 heavy (non-hydrogen) atoms. The van der Waals surface area contributed by atoms with Gasteiger partial charge in [0.15, 0.2) is 5.82 Å². The summed E-state index contributed by atoms with van der Waals surface area (Å²) >= 11 is 5.83. The first-order valence-electron chi connectivity index (χ1n) is 8.70. The molecular weight excluding hydrogens is 344 g/mol. The van der Waals surface area contributed by atoms with Crippen molar-refractivity contribution >= 4 is 11.6 Å². The molecule has 0 spiro atoms. The number of aromatic nitrogens is 1. The van der Waals surface area contributed by atoms with E-state index in [0.717, 1.165) is 24.8 Å². The van der Waals surface area contributed by atoms with E-state index in [0.29, 0.717) is 37.0 Å². The molecule has 2 unspecified atom stereocenters. The van der Waals surface area contributed by atoms with Gasteiger partial charge in [-0.2, -0.15) is 0 Å². The van der Waals surface area contributed by atoms with E-state index in [1.165, 1.54) is 0 Å². The van der Waals surface area contributed by atoms with Crippen LogP contribution in [0.5, 0.6) is 0 Å². The summed E-state index contributed by atoms with van der Waals surface area (Å²) in [5, 5.41) is 22.7. The molecule has 3 rings (SSSR count). The number of fused-ring (bicyclic) bond motifs is 1. The van der Waals surface area contributed by atoms with E-state index in [1.54, 1.807) is 17.2 Å². The SMILES string of the molecule is CCCCC1CC(O)N2CCN(Cc3ccc(Cl)nc3)C2=C1[N+](=O)[O-]. The molecule has 7 nitrogen and oxygen atoms in total. The van der Waals surface area contributed by atoms with Crippen LogP contribution in [0.2, 0.25) is 5.15 Å². The molecule has 1 aromatic heterocycles. The van der Waals surface area contributed by atoms with Crippen LogP contribution >= 0.6 is 11.6 Å². The maximum absolute atomic E-state index is 11.8. The number of halogens is 1. The Labute approximate surface area is 152 Å². The second kappa shape index (κ2) is 7.58. The highest BCUT2D eigenvalue weighted by atomic mass is 35.5. The Hall–Kier alpha value is -1.86. The fraction of sp³-hybridized carbons (Fsp3) is 0.588. The predicted molar refractivity (Wildman–Crippen MR) is 94.0 cm³/mol. The second-order valence-electron chi connectivity index (χ2n) is 6.63. The molecule has 0 amide bonds. The van der Waals surface area contributed by atoms with Crippen molar-refractivity contribution in [1.82, 2.24) is 14.8 Å². The Morgan fingerprint density at radius 3 is 2.88 bits per heavy atom. The van der Waals surface area contributed by atoms with Gasteiger partial charge in [0.25, 0.3) is 5.70 Å². The molecule has 2 aliphatic heterocycles. The average Bonchev–Trinajstić information content (AvgIpc) is 2.99. The molecule has 0 aliphatic carbocycles. The number of hydrogen-bond donors (Lipinski definition) is 1. The van der Waals surface area contributed by atoms with Crippen molar-refractivity contribution in [3.8, 4) is 0 Å². The Morgan fingerprint density at radius 1 is 1.44 bits per heavy atom. The molecule has 8 heteroatoms. The van der Waals surface area contributed by atoms with Gasteiger partial charge in [0, 0.05) is 32.3 Å². The molecule has 1 aromatic rings. The van der Waals surface area contributed by atoms with Crippen molar-refractivity contribution in [2.45, 2.75) is 45.4 Å². The van der Waals surface area contributed by atoms with Crippen LogP contribution in [0.25, 0.3) is 0 Å². The highest BCUT2D eigenvalue weighted by molar-refractivity contribution is 6.29. The summed E-state index contributed by atoms with van der Waals surface area (Å²) in [6.45, 7) is 3.82. The molecule has 0 bridgehead atoms. The molecule has 2 atom stereocenters. The molecule has 0 saturated carbocycles. The lowest BCUT2D eigenvalue weighted by atomic mass is 9.91. The monoisotopic (exact) mass is 366 g/mol. The fourth-order valence-electron chi connectivity index (χ4n) is 3.71. The highest BCUT2D eigenvalue weighted by Crippen LogP contribution is 2.38.